The van der Waals surface area contributed by atoms with E-state index in [1.54, 1.807) is 0 Å². The molecule has 0 amide bonds. The molecule has 4 aliphatic rings. The first-order valence-electron chi connectivity index (χ1n) is 9.93. The van der Waals surface area contributed by atoms with Crippen LogP contribution in [0.1, 0.15) is 65.2 Å². The van der Waals surface area contributed by atoms with Gasteiger partial charge in [0, 0.05) is 11.8 Å². The highest BCUT2D eigenvalue weighted by atomic mass is 32.3. The fraction of sp³-hybridized carbons (Fsp3) is 0.947. The zero-order valence-electron chi connectivity index (χ0n) is 15.6. The Morgan fingerprint density at radius 2 is 1.73 bits per heavy atom. The normalized spacial score (nSPS) is 51.5. The first-order valence-corrected chi connectivity index (χ1v) is 11.3. The number of rotatable bonds is 2. The third-order valence-electron chi connectivity index (χ3n) is 8.66. The fourth-order valence-electron chi connectivity index (χ4n) is 7.33. The molecule has 0 aromatic rings. The van der Waals surface area contributed by atoms with Crippen molar-refractivity contribution in [3.63, 3.8) is 0 Å². The van der Waals surface area contributed by atoms with E-state index in [9.17, 15) is 18.3 Å². The van der Waals surface area contributed by atoms with E-state index in [0.29, 0.717) is 36.4 Å². The summed E-state index contributed by atoms with van der Waals surface area (Å²) in [5.41, 5.74) is -0.220. The number of ketones is 1. The average molecular weight is 387 g/mol. The van der Waals surface area contributed by atoms with Crippen molar-refractivity contribution in [1.82, 2.24) is 0 Å². The highest BCUT2D eigenvalue weighted by molar-refractivity contribution is 7.80. The smallest absolute Gasteiger partial charge is 0.390 e. The van der Waals surface area contributed by atoms with Crippen LogP contribution in [-0.2, 0) is 19.4 Å². The minimum Gasteiger partial charge on any atom is -0.390 e. The number of hydrogen-bond acceptors (Lipinski definition) is 5. The van der Waals surface area contributed by atoms with Crippen LogP contribution in [0, 0.1) is 34.5 Å². The highest BCUT2D eigenvalue weighted by Gasteiger charge is 2.62. The van der Waals surface area contributed by atoms with Gasteiger partial charge in [-0.3, -0.25) is 9.35 Å². The molecular formula is C19H30O6S. The van der Waals surface area contributed by atoms with Crippen LogP contribution in [0.5, 0.6) is 0 Å². The lowest BCUT2D eigenvalue weighted by atomic mass is 9.45. The monoisotopic (exact) mass is 386 g/mol. The van der Waals surface area contributed by atoms with E-state index in [4.69, 9.17) is 8.74 Å². The van der Waals surface area contributed by atoms with Gasteiger partial charge in [-0.2, -0.15) is 8.42 Å². The molecule has 148 valence electrons. The molecule has 8 atom stereocenters. The third kappa shape index (κ3) is 2.69. The molecule has 0 aliphatic heterocycles. The molecule has 0 radical (unpaired) electrons. The Morgan fingerprint density at radius 3 is 2.42 bits per heavy atom. The number of carbonyl (C=O) groups is 1. The van der Waals surface area contributed by atoms with Gasteiger partial charge in [0.15, 0.2) is 0 Å². The number of carbonyl (C=O) groups excluding carboxylic acids is 1. The molecule has 0 saturated heterocycles. The summed E-state index contributed by atoms with van der Waals surface area (Å²) in [5, 5.41) is 10.8. The Hall–Kier alpha value is -0.500. The molecule has 2 N–H and O–H groups in total. The lowest BCUT2D eigenvalue weighted by molar-refractivity contribution is -0.169. The predicted molar refractivity (Wildman–Crippen MR) is 94.5 cm³/mol. The van der Waals surface area contributed by atoms with Crippen LogP contribution >= 0.6 is 0 Å². The molecule has 26 heavy (non-hydrogen) atoms. The quantitative estimate of drug-likeness (QED) is 0.708. The lowest BCUT2D eigenvalue weighted by Crippen LogP contribution is -2.58. The second-order valence-electron chi connectivity index (χ2n) is 9.58. The summed E-state index contributed by atoms with van der Waals surface area (Å²) in [6.07, 6.45) is 4.92. The van der Waals surface area contributed by atoms with Crippen LogP contribution in [0.25, 0.3) is 0 Å². The topological polar surface area (TPSA) is 101 Å². The summed E-state index contributed by atoms with van der Waals surface area (Å²) in [5.74, 6) is 1.85. The lowest BCUT2D eigenvalue weighted by Gasteiger charge is -2.61. The van der Waals surface area contributed by atoms with Crippen LogP contribution in [0.2, 0.25) is 0 Å². The highest BCUT2D eigenvalue weighted by Crippen LogP contribution is 2.65. The maximum atomic E-state index is 12.5. The molecule has 0 bridgehead atoms. The van der Waals surface area contributed by atoms with E-state index >= 15 is 0 Å². The third-order valence-corrected chi connectivity index (χ3v) is 9.15. The molecule has 0 spiro atoms. The molecule has 4 fully saturated rings. The summed E-state index contributed by atoms with van der Waals surface area (Å²) in [7, 11) is -4.56. The van der Waals surface area contributed by atoms with E-state index in [-0.39, 0.29) is 16.7 Å². The van der Waals surface area contributed by atoms with Gasteiger partial charge in [-0.15, -0.1) is 0 Å². The van der Waals surface area contributed by atoms with Gasteiger partial charge in [0.1, 0.15) is 11.9 Å². The molecule has 0 aromatic carbocycles. The minimum atomic E-state index is -4.56. The Kier molecular flexibility index (Phi) is 4.35. The van der Waals surface area contributed by atoms with Crippen molar-refractivity contribution < 1.29 is 27.1 Å². The van der Waals surface area contributed by atoms with E-state index < -0.39 is 22.6 Å². The number of hydrogen-bond donors (Lipinski definition) is 2. The van der Waals surface area contributed by atoms with Gasteiger partial charge in [0.2, 0.25) is 0 Å². The molecule has 4 rings (SSSR count). The maximum absolute atomic E-state index is 12.5. The maximum Gasteiger partial charge on any atom is 0.397 e. The van der Waals surface area contributed by atoms with Crippen molar-refractivity contribution >= 4 is 16.2 Å². The molecule has 6 nitrogen and oxygen atoms in total. The van der Waals surface area contributed by atoms with Crippen molar-refractivity contribution in [2.75, 3.05) is 0 Å². The van der Waals surface area contributed by atoms with Gasteiger partial charge < -0.3 is 5.11 Å². The molecule has 0 heterocycles. The number of aliphatic hydroxyl groups excluding tert-OH is 1. The second kappa shape index (κ2) is 6.00. The predicted octanol–water partition coefficient (Wildman–Crippen LogP) is 2.76. The number of fused-ring (bicyclic) bond motifs is 5. The van der Waals surface area contributed by atoms with Gasteiger partial charge in [-0.1, -0.05) is 13.8 Å². The summed E-state index contributed by atoms with van der Waals surface area (Å²) in [6, 6.07) is 0. The van der Waals surface area contributed by atoms with Gasteiger partial charge in [-0.05, 0) is 74.0 Å². The van der Waals surface area contributed by atoms with Crippen molar-refractivity contribution in [2.45, 2.75) is 77.4 Å². The van der Waals surface area contributed by atoms with Crippen LogP contribution in [0.15, 0.2) is 0 Å². The fourth-order valence-corrected chi connectivity index (χ4v) is 7.86. The van der Waals surface area contributed by atoms with Gasteiger partial charge in [0.05, 0.1) is 6.10 Å². The van der Waals surface area contributed by atoms with E-state index in [1.807, 2.05) is 0 Å². The van der Waals surface area contributed by atoms with Gasteiger partial charge >= 0.3 is 10.4 Å². The summed E-state index contributed by atoms with van der Waals surface area (Å²) < 4.78 is 35.9. The van der Waals surface area contributed by atoms with Crippen LogP contribution < -0.4 is 0 Å². The average Bonchev–Trinajstić information content (AvgIpc) is 2.85. The second-order valence-corrected chi connectivity index (χ2v) is 10.6. The summed E-state index contributed by atoms with van der Waals surface area (Å²) >= 11 is 0. The summed E-state index contributed by atoms with van der Waals surface area (Å²) in [6.45, 7) is 4.39. The number of Topliss-reactive ketones (excluding diaryl/α,β-unsaturated/α-hetero) is 1. The van der Waals surface area contributed by atoms with Crippen molar-refractivity contribution in [3.8, 4) is 0 Å². The standard InChI is InChI=1S/C19H30O6S/c1-18-10-8-15(25-26(22,23)24)17(21)14(18)4-3-11-12-5-6-16(20)19(12,2)9-7-13(11)18/h11-15,17,21H,3-10H2,1-2H3,(H,22,23,24)/t11-,12-,13-,14-,15+,17+,18+,19-/m0/s1. The largest absolute Gasteiger partial charge is 0.397 e. The van der Waals surface area contributed by atoms with Gasteiger partial charge in [0.25, 0.3) is 0 Å². The van der Waals surface area contributed by atoms with E-state index in [0.717, 1.165) is 38.5 Å². The van der Waals surface area contributed by atoms with Crippen LogP contribution in [0.3, 0.4) is 0 Å². The molecule has 0 unspecified atom stereocenters. The Morgan fingerprint density at radius 1 is 1.00 bits per heavy atom. The van der Waals surface area contributed by atoms with E-state index in [1.165, 1.54) is 0 Å². The molecule has 4 saturated carbocycles. The van der Waals surface area contributed by atoms with E-state index in [2.05, 4.69) is 13.8 Å². The number of aliphatic hydroxyl groups is 1. The zero-order chi connectivity index (χ0) is 18.9. The zero-order valence-corrected chi connectivity index (χ0v) is 16.4. The summed E-state index contributed by atoms with van der Waals surface area (Å²) in [4.78, 5) is 12.5. The molecule has 0 aromatic heterocycles. The SMILES string of the molecule is C[C@]12CC[C@@H](OS(=O)(=O)O)[C@H](O)[C@@H]1CC[C@@H]1[C@@H]2CC[C@]2(C)C(=O)CC[C@@H]12. The van der Waals surface area contributed by atoms with Crippen LogP contribution in [-0.4, -0.2) is 36.1 Å². The Labute approximate surface area is 155 Å². The first kappa shape index (κ1) is 18.8. The van der Waals surface area contributed by atoms with Gasteiger partial charge in [-0.25, -0.2) is 4.18 Å². The Bertz CT molecular complexity index is 705. The van der Waals surface area contributed by atoms with Crippen molar-refractivity contribution in [3.05, 3.63) is 0 Å². The van der Waals surface area contributed by atoms with Crippen molar-refractivity contribution in [1.29, 1.82) is 0 Å². The molecule has 4 aliphatic carbocycles. The Balaban J connectivity index is 1.58. The van der Waals surface area contributed by atoms with Crippen molar-refractivity contribution in [2.24, 2.45) is 34.5 Å². The molecular weight excluding hydrogens is 356 g/mol. The molecule has 7 heteroatoms. The van der Waals surface area contributed by atoms with Crippen LogP contribution in [0.4, 0.5) is 0 Å². The minimum absolute atomic E-state index is 0.0225. The first-order chi connectivity index (χ1) is 12.1.